The number of nitrogens with zero attached hydrogens (tertiary/aromatic N) is 1. The fourth-order valence-corrected chi connectivity index (χ4v) is 9.54. The second-order valence-electron chi connectivity index (χ2n) is 21.4. The molecule has 9 heteroatoms. The molecule has 0 saturated heterocycles. The molecule has 398 valence electrons. The second-order valence-corrected chi connectivity index (χ2v) is 22.8. The summed E-state index contributed by atoms with van der Waals surface area (Å²) in [5, 5.41) is 13.9. The maximum atomic E-state index is 12.9. The summed E-state index contributed by atoms with van der Waals surface area (Å²) < 4.78 is 23.6. The predicted octanol–water partition coefficient (Wildman–Crippen LogP) is 17.6. The molecule has 0 aromatic heterocycles. The highest BCUT2D eigenvalue weighted by molar-refractivity contribution is 7.47. The summed E-state index contributed by atoms with van der Waals surface area (Å²) in [5.74, 6) is -0.173. The molecule has 3 atom stereocenters. The van der Waals surface area contributed by atoms with Gasteiger partial charge in [-0.05, 0) is 44.9 Å². The monoisotopic (exact) mass is 968 g/mol. The van der Waals surface area contributed by atoms with Crippen molar-refractivity contribution in [3.8, 4) is 0 Å². The molecule has 0 rings (SSSR count). The fraction of sp³-hybridized carbons (Fsp3) is 0.914. The number of unbranched alkanes of at least 4 members (excludes halogenated alkanes) is 39. The molecule has 1 amide bonds. The zero-order chi connectivity index (χ0) is 49.2. The molecule has 0 fully saturated rings. The number of amides is 1. The van der Waals surface area contributed by atoms with Crippen molar-refractivity contribution in [3.05, 3.63) is 24.3 Å². The molecule has 0 saturated carbocycles. The van der Waals surface area contributed by atoms with E-state index in [1.807, 2.05) is 27.2 Å². The van der Waals surface area contributed by atoms with Gasteiger partial charge in [-0.15, -0.1) is 0 Å². The Morgan fingerprint density at radius 2 is 0.806 bits per heavy atom. The van der Waals surface area contributed by atoms with Gasteiger partial charge in [0.1, 0.15) is 13.2 Å². The average molecular weight is 969 g/mol. The van der Waals surface area contributed by atoms with Crippen LogP contribution in [0, 0.1) is 0 Å². The molecule has 0 spiro atoms. The molecule has 8 nitrogen and oxygen atoms in total. The first-order valence-corrected chi connectivity index (χ1v) is 30.7. The standard InChI is InChI=1S/C58H115N2O6P/c1-6-8-10-12-14-16-18-20-21-22-23-24-25-26-27-28-29-30-31-32-33-34-35-36-37-38-39-40-42-44-46-48-50-52-58(62)59-56(55-66-67(63,64)65-54-53-60(3,4)5)57(61)51-49-47-45-43-41-19-17-15-13-11-9-7-2/h26-27,49,51,56-57,61H,6-25,28-48,50,52-55H2,1-5H3,(H-,59,62,63,64)/p+1/b27-26-,51-49+. The van der Waals surface area contributed by atoms with Gasteiger partial charge in [-0.1, -0.05) is 263 Å². The molecule has 0 aliphatic rings. The number of phosphoric ester groups is 1. The molecule has 0 bridgehead atoms. The Balaban J connectivity index is 3.96. The van der Waals surface area contributed by atoms with Gasteiger partial charge in [0.15, 0.2) is 0 Å². The minimum atomic E-state index is -4.34. The van der Waals surface area contributed by atoms with Crippen LogP contribution in [0.15, 0.2) is 24.3 Å². The number of likely N-dealkylation sites (N-methyl/N-ethyl adjacent to an activating group) is 1. The van der Waals surface area contributed by atoms with Crippen LogP contribution in [-0.2, 0) is 18.4 Å². The van der Waals surface area contributed by atoms with Crippen LogP contribution in [0.2, 0.25) is 0 Å². The average Bonchev–Trinajstić information content (AvgIpc) is 3.29. The number of allylic oxidation sites excluding steroid dienone is 3. The summed E-state index contributed by atoms with van der Waals surface area (Å²) in [6.45, 7) is 4.84. The summed E-state index contributed by atoms with van der Waals surface area (Å²) in [6, 6.07) is -0.842. The van der Waals surface area contributed by atoms with Crippen molar-refractivity contribution in [1.82, 2.24) is 5.32 Å². The highest BCUT2D eigenvalue weighted by Crippen LogP contribution is 2.43. The number of carbonyl (C=O) groups excluding carboxylic acids is 1. The topological polar surface area (TPSA) is 105 Å². The molecule has 0 radical (unpaired) electrons. The van der Waals surface area contributed by atoms with Crippen molar-refractivity contribution in [1.29, 1.82) is 0 Å². The highest BCUT2D eigenvalue weighted by Gasteiger charge is 2.27. The Labute approximate surface area is 417 Å². The normalized spacial score (nSPS) is 14.1. The summed E-state index contributed by atoms with van der Waals surface area (Å²) in [6.07, 6.45) is 63.0. The fourth-order valence-electron chi connectivity index (χ4n) is 8.80. The molecule has 67 heavy (non-hydrogen) atoms. The summed E-state index contributed by atoms with van der Waals surface area (Å²) in [4.78, 5) is 23.2. The van der Waals surface area contributed by atoms with Gasteiger partial charge in [-0.25, -0.2) is 4.57 Å². The number of quaternary nitrogens is 1. The third-order valence-electron chi connectivity index (χ3n) is 13.4. The van der Waals surface area contributed by atoms with E-state index in [-0.39, 0.29) is 19.1 Å². The quantitative estimate of drug-likeness (QED) is 0.0243. The van der Waals surface area contributed by atoms with Crippen LogP contribution in [0.25, 0.3) is 0 Å². The molecule has 0 aliphatic carbocycles. The van der Waals surface area contributed by atoms with Crippen molar-refractivity contribution in [2.45, 2.75) is 302 Å². The van der Waals surface area contributed by atoms with E-state index in [2.05, 4.69) is 31.3 Å². The van der Waals surface area contributed by atoms with Gasteiger partial charge in [0.25, 0.3) is 0 Å². The van der Waals surface area contributed by atoms with E-state index < -0.39 is 20.0 Å². The lowest BCUT2D eigenvalue weighted by atomic mass is 10.0. The Bertz CT molecular complexity index is 1140. The van der Waals surface area contributed by atoms with Gasteiger partial charge >= 0.3 is 7.82 Å². The number of rotatable bonds is 54. The van der Waals surface area contributed by atoms with E-state index in [9.17, 15) is 19.4 Å². The SMILES string of the molecule is CCCCCCCCCCCC/C=C/C(O)C(COP(=O)(O)OCC[N+](C)(C)C)NC(=O)CCCCCCCCCCCCCCCCCCC/C=C\CCCCCCCCCCCCCC. The van der Waals surface area contributed by atoms with E-state index in [1.54, 1.807) is 6.08 Å². The Morgan fingerprint density at radius 3 is 1.15 bits per heavy atom. The zero-order valence-electron chi connectivity index (χ0n) is 45.4. The largest absolute Gasteiger partial charge is 0.472 e. The van der Waals surface area contributed by atoms with E-state index in [4.69, 9.17) is 9.05 Å². The summed E-state index contributed by atoms with van der Waals surface area (Å²) in [5.41, 5.74) is 0. The van der Waals surface area contributed by atoms with E-state index in [0.717, 1.165) is 38.5 Å². The minimum Gasteiger partial charge on any atom is -0.387 e. The van der Waals surface area contributed by atoms with Crippen LogP contribution in [0.3, 0.4) is 0 Å². The van der Waals surface area contributed by atoms with Crippen LogP contribution in [0.1, 0.15) is 290 Å². The third-order valence-corrected chi connectivity index (χ3v) is 14.4. The number of nitrogens with one attached hydrogen (secondary N) is 1. The van der Waals surface area contributed by atoms with Crippen molar-refractivity contribution >= 4 is 13.7 Å². The molecule has 0 aromatic carbocycles. The molecular weight excluding hydrogens is 852 g/mol. The molecule has 0 aliphatic heterocycles. The third kappa shape index (κ3) is 52.6. The number of aliphatic hydroxyl groups excluding tert-OH is 1. The smallest absolute Gasteiger partial charge is 0.387 e. The van der Waals surface area contributed by atoms with Gasteiger partial charge < -0.3 is 19.8 Å². The number of carbonyl (C=O) groups is 1. The van der Waals surface area contributed by atoms with E-state index >= 15 is 0 Å². The predicted molar refractivity (Wildman–Crippen MR) is 291 cm³/mol. The molecular formula is C58H116N2O6P+. The first-order valence-electron chi connectivity index (χ1n) is 29.2. The van der Waals surface area contributed by atoms with Gasteiger partial charge in [-0.3, -0.25) is 13.8 Å². The maximum Gasteiger partial charge on any atom is 0.472 e. The number of hydrogen-bond acceptors (Lipinski definition) is 5. The van der Waals surface area contributed by atoms with E-state index in [0.29, 0.717) is 17.4 Å². The van der Waals surface area contributed by atoms with Crippen LogP contribution in [0.5, 0.6) is 0 Å². The van der Waals surface area contributed by atoms with Gasteiger partial charge in [0, 0.05) is 6.42 Å². The van der Waals surface area contributed by atoms with Crippen molar-refractivity contribution in [2.24, 2.45) is 0 Å². The van der Waals surface area contributed by atoms with Gasteiger partial charge in [-0.2, -0.15) is 0 Å². The second kappa shape index (κ2) is 49.9. The van der Waals surface area contributed by atoms with E-state index in [1.165, 1.54) is 231 Å². The summed E-state index contributed by atoms with van der Waals surface area (Å²) >= 11 is 0. The van der Waals surface area contributed by atoms with Crippen LogP contribution < -0.4 is 5.32 Å². The molecule has 3 unspecified atom stereocenters. The lowest BCUT2D eigenvalue weighted by Gasteiger charge is -2.25. The molecule has 0 aromatic rings. The number of hydrogen-bond donors (Lipinski definition) is 3. The lowest BCUT2D eigenvalue weighted by molar-refractivity contribution is -0.870. The maximum absolute atomic E-state index is 12.9. The van der Waals surface area contributed by atoms with Crippen LogP contribution in [-0.4, -0.2) is 73.4 Å². The van der Waals surface area contributed by atoms with Gasteiger partial charge in [0.05, 0.1) is 39.9 Å². The summed E-state index contributed by atoms with van der Waals surface area (Å²) in [7, 11) is 1.58. The first-order chi connectivity index (χ1) is 32.5. The van der Waals surface area contributed by atoms with Crippen molar-refractivity contribution in [3.63, 3.8) is 0 Å². The van der Waals surface area contributed by atoms with Gasteiger partial charge in [0.2, 0.25) is 5.91 Å². The van der Waals surface area contributed by atoms with Crippen molar-refractivity contribution in [2.75, 3.05) is 40.9 Å². The van der Waals surface area contributed by atoms with Crippen LogP contribution in [0.4, 0.5) is 0 Å². The van der Waals surface area contributed by atoms with Crippen LogP contribution >= 0.6 is 7.82 Å². The number of phosphoric acid groups is 1. The Morgan fingerprint density at radius 1 is 0.493 bits per heavy atom. The highest BCUT2D eigenvalue weighted by atomic mass is 31.2. The molecule has 3 N–H and O–H groups in total. The first kappa shape index (κ1) is 66.0. The number of aliphatic hydroxyl groups is 1. The van der Waals surface area contributed by atoms with Crippen molar-refractivity contribution < 1.29 is 32.9 Å². The Kier molecular flexibility index (Phi) is 49.2. The lowest BCUT2D eigenvalue weighted by Crippen LogP contribution is -2.45. The minimum absolute atomic E-state index is 0.0636. The Hall–Kier alpha value is -1.02. The molecule has 0 heterocycles. The zero-order valence-corrected chi connectivity index (χ0v) is 46.3.